The van der Waals surface area contributed by atoms with Gasteiger partial charge in [0.2, 0.25) is 10.0 Å². The molecule has 21 heavy (non-hydrogen) atoms. The molecule has 1 aliphatic heterocycles. The Bertz CT molecular complexity index is 511. The highest BCUT2D eigenvalue weighted by molar-refractivity contribution is 7.89. The smallest absolute Gasteiger partial charge is 0.240 e. The molecule has 1 saturated heterocycles. The van der Waals surface area contributed by atoms with Crippen molar-refractivity contribution in [3.05, 3.63) is 29.8 Å². The number of benzene rings is 1. The number of rotatable bonds is 6. The standard InChI is InChI=1S/C15H24N2O2S.ClH/c1-2-10-16-20(18,19)15-8-6-14(7-9-15)13-17-11-4-3-5-12-17;/h6-9,16H,2-5,10-13H2,1H3;1H. The van der Waals surface area contributed by atoms with E-state index in [2.05, 4.69) is 9.62 Å². The number of hydrogen-bond acceptors (Lipinski definition) is 3. The molecule has 1 heterocycles. The van der Waals surface area contributed by atoms with Gasteiger partial charge in [0.1, 0.15) is 0 Å². The second kappa shape index (κ2) is 8.73. The van der Waals surface area contributed by atoms with Crippen molar-refractivity contribution >= 4 is 22.4 Å². The predicted molar refractivity (Wildman–Crippen MR) is 88.3 cm³/mol. The van der Waals surface area contributed by atoms with E-state index in [0.29, 0.717) is 11.4 Å². The molecule has 2 rings (SSSR count). The van der Waals surface area contributed by atoms with Crippen molar-refractivity contribution in [2.75, 3.05) is 19.6 Å². The van der Waals surface area contributed by atoms with Crippen LogP contribution in [0.15, 0.2) is 29.2 Å². The van der Waals surface area contributed by atoms with Crippen LogP contribution in [0.2, 0.25) is 0 Å². The van der Waals surface area contributed by atoms with Crippen LogP contribution in [0.5, 0.6) is 0 Å². The summed E-state index contributed by atoms with van der Waals surface area (Å²) in [4.78, 5) is 2.79. The molecule has 0 aliphatic carbocycles. The third kappa shape index (κ3) is 5.58. The molecule has 1 aliphatic rings. The summed E-state index contributed by atoms with van der Waals surface area (Å²) in [6, 6.07) is 7.26. The van der Waals surface area contributed by atoms with Crippen LogP contribution in [0, 0.1) is 0 Å². The van der Waals surface area contributed by atoms with Crippen molar-refractivity contribution in [3.63, 3.8) is 0 Å². The zero-order valence-electron chi connectivity index (χ0n) is 12.5. The monoisotopic (exact) mass is 332 g/mol. The van der Waals surface area contributed by atoms with Crippen molar-refractivity contribution in [3.8, 4) is 0 Å². The Morgan fingerprint density at radius 1 is 1.10 bits per heavy atom. The zero-order chi connectivity index (χ0) is 14.4. The van der Waals surface area contributed by atoms with Gasteiger partial charge in [0.05, 0.1) is 4.90 Å². The van der Waals surface area contributed by atoms with Crippen LogP contribution in [0.25, 0.3) is 0 Å². The van der Waals surface area contributed by atoms with Gasteiger partial charge in [0.15, 0.2) is 0 Å². The second-order valence-corrected chi connectivity index (χ2v) is 7.15. The zero-order valence-corrected chi connectivity index (χ0v) is 14.2. The lowest BCUT2D eigenvalue weighted by Crippen LogP contribution is -2.29. The molecular formula is C15H25ClN2O2S. The molecule has 1 aromatic rings. The Balaban J connectivity index is 0.00000220. The number of halogens is 1. The number of likely N-dealkylation sites (tertiary alicyclic amines) is 1. The number of hydrogen-bond donors (Lipinski definition) is 1. The Labute approximate surface area is 134 Å². The van der Waals surface area contributed by atoms with Crippen LogP contribution in [-0.4, -0.2) is 33.0 Å². The quantitative estimate of drug-likeness (QED) is 0.871. The summed E-state index contributed by atoms with van der Waals surface area (Å²) in [5.74, 6) is 0. The van der Waals surface area contributed by atoms with E-state index in [0.717, 1.165) is 26.1 Å². The molecule has 0 aromatic heterocycles. The summed E-state index contributed by atoms with van der Waals surface area (Å²) in [5, 5.41) is 0. The van der Waals surface area contributed by atoms with Crippen molar-refractivity contribution in [1.82, 2.24) is 9.62 Å². The molecule has 0 radical (unpaired) electrons. The van der Waals surface area contributed by atoms with E-state index in [1.165, 1.54) is 24.8 Å². The lowest BCUT2D eigenvalue weighted by atomic mass is 10.1. The topological polar surface area (TPSA) is 49.4 Å². The maximum Gasteiger partial charge on any atom is 0.240 e. The first-order valence-electron chi connectivity index (χ1n) is 7.43. The molecule has 0 atom stereocenters. The summed E-state index contributed by atoms with van der Waals surface area (Å²) in [6.45, 7) is 5.65. The van der Waals surface area contributed by atoms with E-state index < -0.39 is 10.0 Å². The molecule has 6 heteroatoms. The molecule has 0 saturated carbocycles. The predicted octanol–water partition coefficient (Wildman–Crippen LogP) is 2.78. The van der Waals surface area contributed by atoms with Crippen molar-refractivity contribution < 1.29 is 8.42 Å². The first kappa shape index (κ1) is 18.4. The average molecular weight is 333 g/mol. The molecule has 1 N–H and O–H groups in total. The van der Waals surface area contributed by atoms with E-state index in [4.69, 9.17) is 0 Å². The molecule has 4 nitrogen and oxygen atoms in total. The molecule has 0 spiro atoms. The average Bonchev–Trinajstić information content (AvgIpc) is 2.47. The van der Waals surface area contributed by atoms with Gasteiger partial charge in [-0.3, -0.25) is 4.90 Å². The number of piperidine rings is 1. The van der Waals surface area contributed by atoms with E-state index in [1.807, 2.05) is 19.1 Å². The second-order valence-electron chi connectivity index (χ2n) is 5.38. The minimum absolute atomic E-state index is 0. The number of nitrogens with one attached hydrogen (secondary N) is 1. The molecule has 0 bridgehead atoms. The SMILES string of the molecule is CCCNS(=O)(=O)c1ccc(CN2CCCCC2)cc1.Cl. The Morgan fingerprint density at radius 2 is 1.71 bits per heavy atom. The largest absolute Gasteiger partial charge is 0.299 e. The van der Waals surface area contributed by atoms with Gasteiger partial charge < -0.3 is 0 Å². The van der Waals surface area contributed by atoms with Gasteiger partial charge in [-0.15, -0.1) is 12.4 Å². The van der Waals surface area contributed by atoms with Crippen LogP contribution >= 0.6 is 12.4 Å². The highest BCUT2D eigenvalue weighted by Gasteiger charge is 2.14. The van der Waals surface area contributed by atoms with Gasteiger partial charge in [-0.05, 0) is 50.0 Å². The summed E-state index contributed by atoms with van der Waals surface area (Å²) in [6.07, 6.45) is 4.67. The minimum Gasteiger partial charge on any atom is -0.299 e. The summed E-state index contributed by atoms with van der Waals surface area (Å²) in [7, 11) is -3.34. The van der Waals surface area contributed by atoms with E-state index in [9.17, 15) is 8.42 Å². The van der Waals surface area contributed by atoms with Gasteiger partial charge >= 0.3 is 0 Å². The highest BCUT2D eigenvalue weighted by atomic mass is 35.5. The fourth-order valence-corrected chi connectivity index (χ4v) is 3.60. The maximum absolute atomic E-state index is 12.0. The van der Waals surface area contributed by atoms with Crippen molar-refractivity contribution in [2.45, 2.75) is 44.0 Å². The van der Waals surface area contributed by atoms with Crippen molar-refractivity contribution in [2.24, 2.45) is 0 Å². The van der Waals surface area contributed by atoms with Crippen LogP contribution < -0.4 is 4.72 Å². The molecule has 1 aromatic carbocycles. The molecular weight excluding hydrogens is 308 g/mol. The normalized spacial score (nSPS) is 16.4. The first-order chi connectivity index (χ1) is 9.62. The van der Waals surface area contributed by atoms with Crippen LogP contribution in [0.1, 0.15) is 38.2 Å². The van der Waals surface area contributed by atoms with Gasteiger partial charge in [0, 0.05) is 13.1 Å². The Kier molecular flexibility index (Phi) is 7.66. The van der Waals surface area contributed by atoms with Gasteiger partial charge in [-0.1, -0.05) is 25.5 Å². The lowest BCUT2D eigenvalue weighted by molar-refractivity contribution is 0.221. The Morgan fingerprint density at radius 3 is 2.29 bits per heavy atom. The fourth-order valence-electron chi connectivity index (χ4n) is 2.47. The highest BCUT2D eigenvalue weighted by Crippen LogP contribution is 2.15. The molecule has 1 fully saturated rings. The van der Waals surface area contributed by atoms with Gasteiger partial charge in [-0.2, -0.15) is 0 Å². The number of sulfonamides is 1. The van der Waals surface area contributed by atoms with Crippen LogP contribution in [-0.2, 0) is 16.6 Å². The Hall–Kier alpha value is -0.620. The maximum atomic E-state index is 12.0. The summed E-state index contributed by atoms with van der Waals surface area (Å²) in [5.41, 5.74) is 1.18. The molecule has 0 unspecified atom stereocenters. The first-order valence-corrected chi connectivity index (χ1v) is 8.91. The minimum atomic E-state index is -3.34. The molecule has 120 valence electrons. The van der Waals surface area contributed by atoms with E-state index in [-0.39, 0.29) is 12.4 Å². The van der Waals surface area contributed by atoms with Crippen molar-refractivity contribution in [1.29, 1.82) is 0 Å². The van der Waals surface area contributed by atoms with E-state index >= 15 is 0 Å². The fraction of sp³-hybridized carbons (Fsp3) is 0.600. The van der Waals surface area contributed by atoms with E-state index in [1.54, 1.807) is 12.1 Å². The lowest BCUT2D eigenvalue weighted by Gasteiger charge is -2.26. The third-order valence-electron chi connectivity index (χ3n) is 3.63. The third-order valence-corrected chi connectivity index (χ3v) is 5.11. The van der Waals surface area contributed by atoms with Gasteiger partial charge in [-0.25, -0.2) is 13.1 Å². The van der Waals surface area contributed by atoms with Gasteiger partial charge in [0.25, 0.3) is 0 Å². The number of nitrogens with zero attached hydrogens (tertiary/aromatic N) is 1. The summed E-state index contributed by atoms with van der Waals surface area (Å²) < 4.78 is 26.5. The summed E-state index contributed by atoms with van der Waals surface area (Å²) >= 11 is 0. The van der Waals surface area contributed by atoms with Crippen LogP contribution in [0.4, 0.5) is 0 Å². The van der Waals surface area contributed by atoms with Crippen LogP contribution in [0.3, 0.4) is 0 Å². The molecule has 0 amide bonds.